The smallest absolute Gasteiger partial charge is 0.294 e. The quantitative estimate of drug-likeness (QED) is 0.361. The molecule has 18 heavy (non-hydrogen) atoms. The molecule has 1 aliphatic rings. The van der Waals surface area contributed by atoms with Gasteiger partial charge in [-0.15, -0.1) is 0 Å². The molecule has 1 fully saturated rings. The van der Waals surface area contributed by atoms with Crippen LogP contribution in [0.1, 0.15) is 6.42 Å². The second kappa shape index (κ2) is 5.22. The molecule has 1 unspecified atom stereocenters. The lowest BCUT2D eigenvalue weighted by molar-refractivity contribution is -0.384. The maximum atomic E-state index is 11.8. The van der Waals surface area contributed by atoms with Gasteiger partial charge in [-0.25, -0.2) is 0 Å². The Morgan fingerprint density at radius 3 is 2.72 bits per heavy atom. The summed E-state index contributed by atoms with van der Waals surface area (Å²) >= 11 is 12.1. The van der Waals surface area contributed by atoms with Crippen LogP contribution in [0.2, 0.25) is 5.02 Å². The number of anilines is 1. The van der Waals surface area contributed by atoms with Crippen molar-refractivity contribution >= 4 is 64.1 Å². The van der Waals surface area contributed by atoms with E-state index in [0.717, 1.165) is 0 Å². The number of carbonyl (C=O) groups is 1. The van der Waals surface area contributed by atoms with Gasteiger partial charge in [0.1, 0.15) is 5.69 Å². The SMILES string of the molecule is O=C1CC(S)CN1c1cc(Cl)c(I)cc1[N+](=O)[O-]. The maximum absolute atomic E-state index is 11.8. The minimum absolute atomic E-state index is 0.102. The predicted molar refractivity (Wildman–Crippen MR) is 80.6 cm³/mol. The number of hydrogen-bond acceptors (Lipinski definition) is 4. The zero-order chi connectivity index (χ0) is 13.4. The standard InChI is InChI=1S/C10H8ClIN2O3S/c11-6-2-8(9(14(16)17)3-7(6)12)13-4-5(18)1-10(13)15/h2-3,5,18H,1,4H2. The van der Waals surface area contributed by atoms with Gasteiger partial charge >= 0.3 is 0 Å². The highest BCUT2D eigenvalue weighted by Gasteiger charge is 2.33. The van der Waals surface area contributed by atoms with E-state index >= 15 is 0 Å². The average molecular weight is 399 g/mol. The summed E-state index contributed by atoms with van der Waals surface area (Å²) in [6.07, 6.45) is 0.282. The van der Waals surface area contributed by atoms with Crippen molar-refractivity contribution < 1.29 is 9.72 Å². The molecular formula is C10H8ClIN2O3S. The Bertz CT molecular complexity index is 540. The summed E-state index contributed by atoms with van der Waals surface area (Å²) in [6, 6.07) is 2.84. The van der Waals surface area contributed by atoms with Crippen LogP contribution in [0.15, 0.2) is 12.1 Å². The molecule has 0 aromatic heterocycles. The molecule has 0 N–H and O–H groups in total. The molecule has 1 aromatic rings. The van der Waals surface area contributed by atoms with E-state index in [0.29, 0.717) is 15.1 Å². The van der Waals surface area contributed by atoms with Crippen LogP contribution in [0.3, 0.4) is 0 Å². The maximum Gasteiger partial charge on any atom is 0.294 e. The monoisotopic (exact) mass is 398 g/mol. The van der Waals surface area contributed by atoms with Gasteiger partial charge < -0.3 is 4.90 Å². The zero-order valence-corrected chi connectivity index (χ0v) is 12.8. The van der Waals surface area contributed by atoms with Gasteiger partial charge in [-0.1, -0.05) is 11.6 Å². The Balaban J connectivity index is 2.52. The molecule has 0 aliphatic carbocycles. The lowest BCUT2D eigenvalue weighted by atomic mass is 10.2. The highest BCUT2D eigenvalue weighted by molar-refractivity contribution is 14.1. The third-order valence-electron chi connectivity index (χ3n) is 2.61. The number of halogens is 2. The number of rotatable bonds is 2. The predicted octanol–water partition coefficient (Wildman–Crippen LogP) is 2.89. The summed E-state index contributed by atoms with van der Waals surface area (Å²) in [5.41, 5.74) is 0.131. The molecule has 1 amide bonds. The van der Waals surface area contributed by atoms with Crippen molar-refractivity contribution in [2.75, 3.05) is 11.4 Å². The molecule has 1 aromatic carbocycles. The van der Waals surface area contributed by atoms with Crippen LogP contribution in [0, 0.1) is 13.7 Å². The van der Waals surface area contributed by atoms with E-state index in [2.05, 4.69) is 12.6 Å². The number of benzene rings is 1. The minimum atomic E-state index is -0.507. The van der Waals surface area contributed by atoms with Crippen LogP contribution < -0.4 is 4.90 Å². The fourth-order valence-electron chi connectivity index (χ4n) is 1.81. The van der Waals surface area contributed by atoms with Gasteiger partial charge in [0.25, 0.3) is 5.69 Å². The Kier molecular flexibility index (Phi) is 4.02. The number of nitro groups is 1. The molecule has 0 spiro atoms. The van der Waals surface area contributed by atoms with Crippen molar-refractivity contribution in [2.45, 2.75) is 11.7 Å². The first-order valence-electron chi connectivity index (χ1n) is 5.02. The van der Waals surface area contributed by atoms with Gasteiger partial charge in [0.2, 0.25) is 5.91 Å². The summed E-state index contributed by atoms with van der Waals surface area (Å²) in [4.78, 5) is 23.7. The molecule has 1 heterocycles. The minimum Gasteiger partial charge on any atom is -0.305 e. The Morgan fingerprint density at radius 2 is 2.22 bits per heavy atom. The number of nitrogens with zero attached hydrogens (tertiary/aromatic N) is 2. The second-order valence-corrected chi connectivity index (χ2v) is 6.17. The summed E-state index contributed by atoms with van der Waals surface area (Å²) in [5.74, 6) is -0.171. The molecule has 5 nitrogen and oxygen atoms in total. The lowest BCUT2D eigenvalue weighted by Crippen LogP contribution is -2.25. The van der Waals surface area contributed by atoms with Gasteiger partial charge in [0, 0.05) is 27.9 Å². The van der Waals surface area contributed by atoms with Crippen molar-refractivity contribution in [3.8, 4) is 0 Å². The topological polar surface area (TPSA) is 63.5 Å². The number of carbonyl (C=O) groups excluding carboxylic acids is 1. The number of thiol groups is 1. The van der Waals surface area contributed by atoms with Crippen molar-refractivity contribution in [2.24, 2.45) is 0 Å². The van der Waals surface area contributed by atoms with Gasteiger partial charge in [0.15, 0.2) is 0 Å². The normalized spacial score (nSPS) is 19.4. The van der Waals surface area contributed by atoms with Crippen LogP contribution in [-0.4, -0.2) is 22.6 Å². The molecular weight excluding hydrogens is 391 g/mol. The molecule has 96 valence electrons. The van der Waals surface area contributed by atoms with Gasteiger partial charge in [-0.3, -0.25) is 14.9 Å². The van der Waals surface area contributed by atoms with Crippen LogP contribution in [0.4, 0.5) is 11.4 Å². The molecule has 0 bridgehead atoms. The molecule has 8 heteroatoms. The van der Waals surface area contributed by atoms with E-state index in [9.17, 15) is 14.9 Å². The number of nitro benzene ring substituents is 1. The number of amides is 1. The van der Waals surface area contributed by atoms with Crippen molar-refractivity contribution in [3.05, 3.63) is 30.8 Å². The molecule has 1 atom stereocenters. The van der Waals surface area contributed by atoms with E-state index in [1.807, 2.05) is 22.6 Å². The first-order valence-corrected chi connectivity index (χ1v) is 6.99. The molecule has 1 aliphatic heterocycles. The van der Waals surface area contributed by atoms with Crippen molar-refractivity contribution in [1.82, 2.24) is 0 Å². The molecule has 2 rings (SSSR count). The Labute approximate surface area is 127 Å². The van der Waals surface area contributed by atoms with E-state index in [1.54, 1.807) is 0 Å². The summed E-state index contributed by atoms with van der Waals surface area (Å²) < 4.78 is 0.582. The lowest BCUT2D eigenvalue weighted by Gasteiger charge is -2.16. The van der Waals surface area contributed by atoms with Gasteiger partial charge in [-0.2, -0.15) is 12.6 Å². The highest BCUT2D eigenvalue weighted by Crippen LogP contribution is 2.37. The number of hydrogen-bond donors (Lipinski definition) is 1. The van der Waals surface area contributed by atoms with E-state index in [1.165, 1.54) is 17.0 Å². The van der Waals surface area contributed by atoms with E-state index < -0.39 is 4.92 Å². The third kappa shape index (κ3) is 2.57. The highest BCUT2D eigenvalue weighted by atomic mass is 127. The second-order valence-electron chi connectivity index (χ2n) is 3.87. The summed E-state index contributed by atoms with van der Waals surface area (Å²) in [5, 5.41) is 11.3. The molecule has 1 saturated heterocycles. The van der Waals surface area contributed by atoms with Crippen LogP contribution in [0.25, 0.3) is 0 Å². The largest absolute Gasteiger partial charge is 0.305 e. The van der Waals surface area contributed by atoms with Crippen molar-refractivity contribution in [1.29, 1.82) is 0 Å². The first-order chi connectivity index (χ1) is 8.40. The zero-order valence-electron chi connectivity index (χ0n) is 8.97. The average Bonchev–Trinajstić information content (AvgIpc) is 2.61. The molecule has 0 radical (unpaired) electrons. The Hall–Kier alpha value is -0.540. The van der Waals surface area contributed by atoms with Crippen molar-refractivity contribution in [3.63, 3.8) is 0 Å². The van der Waals surface area contributed by atoms with E-state index in [4.69, 9.17) is 11.6 Å². The fraction of sp³-hybridized carbons (Fsp3) is 0.300. The van der Waals surface area contributed by atoms with Crippen LogP contribution >= 0.6 is 46.8 Å². The van der Waals surface area contributed by atoms with Gasteiger partial charge in [0.05, 0.1) is 9.95 Å². The van der Waals surface area contributed by atoms with Crippen LogP contribution in [0.5, 0.6) is 0 Å². The van der Waals surface area contributed by atoms with E-state index in [-0.39, 0.29) is 29.0 Å². The summed E-state index contributed by atoms with van der Waals surface area (Å²) in [6.45, 7) is 0.361. The third-order valence-corrected chi connectivity index (χ3v) is 4.48. The fourth-order valence-corrected chi connectivity index (χ4v) is 2.74. The van der Waals surface area contributed by atoms with Gasteiger partial charge in [-0.05, 0) is 28.7 Å². The molecule has 0 saturated carbocycles. The summed E-state index contributed by atoms with van der Waals surface area (Å²) in [7, 11) is 0. The van der Waals surface area contributed by atoms with Crippen LogP contribution in [-0.2, 0) is 4.79 Å². The first kappa shape index (κ1) is 13.9. The Morgan fingerprint density at radius 1 is 1.56 bits per heavy atom.